The Bertz CT molecular complexity index is 1470. The highest BCUT2D eigenvalue weighted by atomic mass is 16.5. The van der Waals surface area contributed by atoms with Gasteiger partial charge in [0, 0.05) is 17.7 Å². The summed E-state index contributed by atoms with van der Waals surface area (Å²) >= 11 is 0. The molecule has 3 amide bonds. The smallest absolute Gasteiger partial charge is 0.338 e. The Morgan fingerprint density at radius 2 is 1.73 bits per heavy atom. The summed E-state index contributed by atoms with van der Waals surface area (Å²) in [6, 6.07) is 18.5. The van der Waals surface area contributed by atoms with E-state index in [1.54, 1.807) is 74.5 Å². The molecule has 0 saturated carbocycles. The van der Waals surface area contributed by atoms with Crippen LogP contribution < -0.4 is 16.0 Å². The number of hydrogen-bond donors (Lipinski definition) is 5. The van der Waals surface area contributed by atoms with Crippen LogP contribution in [0.15, 0.2) is 85.5 Å². The van der Waals surface area contributed by atoms with E-state index >= 15 is 0 Å². The lowest BCUT2D eigenvalue weighted by atomic mass is 9.99. The average molecular weight is 616 g/mol. The van der Waals surface area contributed by atoms with Crippen molar-refractivity contribution in [3.05, 3.63) is 102 Å². The van der Waals surface area contributed by atoms with Gasteiger partial charge in [0.05, 0.1) is 37.3 Å². The van der Waals surface area contributed by atoms with Crippen molar-refractivity contribution in [2.45, 2.75) is 57.8 Å². The van der Waals surface area contributed by atoms with Gasteiger partial charge in [0.15, 0.2) is 0 Å². The number of phenols is 2. The third-order valence-corrected chi connectivity index (χ3v) is 7.80. The molecule has 1 heterocycles. The molecule has 1 unspecified atom stereocenters. The molecule has 10 nitrogen and oxygen atoms in total. The van der Waals surface area contributed by atoms with Crippen molar-refractivity contribution < 1.29 is 33.8 Å². The van der Waals surface area contributed by atoms with Gasteiger partial charge in [0.1, 0.15) is 24.1 Å². The number of nitrogens with one attached hydrogen (secondary N) is 3. The van der Waals surface area contributed by atoms with Crippen LogP contribution in [-0.4, -0.2) is 70.4 Å². The minimum atomic E-state index is -0.899. The zero-order valence-electron chi connectivity index (χ0n) is 25.9. The number of anilines is 1. The van der Waals surface area contributed by atoms with Crippen molar-refractivity contribution in [3.8, 4) is 11.5 Å². The molecule has 10 heteroatoms. The van der Waals surface area contributed by atoms with Crippen LogP contribution in [-0.2, 0) is 22.5 Å². The molecule has 3 atom stereocenters. The fourth-order valence-corrected chi connectivity index (χ4v) is 5.81. The quantitative estimate of drug-likeness (QED) is 0.112. The molecule has 0 aliphatic carbocycles. The molecule has 0 spiro atoms. The van der Waals surface area contributed by atoms with E-state index in [1.807, 2.05) is 18.2 Å². The number of phenolic OH excluding ortho intramolecular Hbond substituents is 2. The highest BCUT2D eigenvalue weighted by molar-refractivity contribution is 5.95. The molecule has 0 bridgehead atoms. The van der Waals surface area contributed by atoms with Gasteiger partial charge in [-0.3, -0.25) is 4.79 Å². The van der Waals surface area contributed by atoms with Crippen LogP contribution in [0.25, 0.3) is 0 Å². The highest BCUT2D eigenvalue weighted by Gasteiger charge is 2.36. The van der Waals surface area contributed by atoms with Gasteiger partial charge in [-0.2, -0.15) is 0 Å². The maximum Gasteiger partial charge on any atom is 0.338 e. The predicted octanol–water partition coefficient (Wildman–Crippen LogP) is 4.88. The third-order valence-electron chi connectivity index (χ3n) is 7.80. The van der Waals surface area contributed by atoms with Crippen LogP contribution in [0.1, 0.15) is 48.2 Å². The van der Waals surface area contributed by atoms with Gasteiger partial charge in [-0.15, -0.1) is 0 Å². The Labute approximate surface area is 264 Å². The summed E-state index contributed by atoms with van der Waals surface area (Å²) in [6.45, 7) is 10.5. The molecule has 0 aromatic heterocycles. The Kier molecular flexibility index (Phi) is 11.2. The first kappa shape index (κ1) is 33.1. The van der Waals surface area contributed by atoms with Crippen molar-refractivity contribution in [2.24, 2.45) is 0 Å². The molecule has 238 valence electrons. The zero-order chi connectivity index (χ0) is 32.4. The molecule has 4 rings (SSSR count). The van der Waals surface area contributed by atoms with E-state index in [0.717, 1.165) is 30.5 Å². The number of ether oxygens (including phenoxy) is 1. The number of likely N-dealkylation sites (tertiary alicyclic amines) is 1. The van der Waals surface area contributed by atoms with Gasteiger partial charge in [0.25, 0.3) is 0 Å². The number of aromatic hydroxyl groups is 2. The largest absolute Gasteiger partial charge is 0.508 e. The van der Waals surface area contributed by atoms with E-state index < -0.39 is 18.0 Å². The Balaban J connectivity index is 1.45. The molecule has 5 N–H and O–H groups in total. The monoisotopic (exact) mass is 615 g/mol. The number of rotatable bonds is 12. The van der Waals surface area contributed by atoms with E-state index in [9.17, 15) is 24.6 Å². The maximum absolute atomic E-state index is 13.7. The average Bonchev–Trinajstić information content (AvgIpc) is 2.98. The lowest BCUT2D eigenvalue weighted by Gasteiger charge is -2.44. The fraction of sp³-hybridized carbons (Fsp3) is 0.343. The van der Waals surface area contributed by atoms with E-state index in [1.165, 1.54) is 0 Å². The topological polar surface area (TPSA) is 137 Å². The first-order valence-electron chi connectivity index (χ1n) is 15.2. The molecule has 3 aromatic rings. The van der Waals surface area contributed by atoms with Crippen LogP contribution in [0.2, 0.25) is 0 Å². The summed E-state index contributed by atoms with van der Waals surface area (Å²) < 4.78 is 5.90. The number of piperidine rings is 1. The maximum atomic E-state index is 13.7. The van der Waals surface area contributed by atoms with Crippen LogP contribution in [0, 0.1) is 0 Å². The molecule has 45 heavy (non-hydrogen) atoms. The van der Waals surface area contributed by atoms with Crippen LogP contribution in [0.5, 0.6) is 11.5 Å². The number of carbonyl (C=O) groups excluding carboxylic acids is 3. The first-order valence-corrected chi connectivity index (χ1v) is 15.2. The Morgan fingerprint density at radius 1 is 1.00 bits per heavy atom. The molecular weight excluding hydrogens is 572 g/mol. The SMILES string of the molecule is C=CC[N+]1(Cc2cccc(O)c2)CCC[C@H](NC(=O)[C@H](Cc2ccc(O)cc2)NC(=O)Nc2ccc(C(=O)OC(C)C)cc2)C1. The number of esters is 1. The molecule has 3 aromatic carbocycles. The summed E-state index contributed by atoms with van der Waals surface area (Å²) in [7, 11) is 0. The number of quaternary nitrogens is 1. The standard InChI is InChI=1S/C35H42N4O6/c1-4-18-39(22-26-7-5-9-31(41)20-26)19-6-8-29(23-39)36-33(42)32(21-25-10-16-30(40)17-11-25)38-35(44)37-28-14-12-27(13-15-28)34(43)45-24(2)3/h4-5,7,9-17,20,24,29,32H,1,6,8,18-19,21-23H2,2-3H3,(H4-,36,37,38,40,41,42,43,44)/p+1/t29-,32-,39?/m0/s1. The van der Waals surface area contributed by atoms with Crippen molar-refractivity contribution in [1.29, 1.82) is 0 Å². The van der Waals surface area contributed by atoms with Gasteiger partial charge < -0.3 is 35.4 Å². The summed E-state index contributed by atoms with van der Waals surface area (Å²) in [6.07, 6.45) is 3.55. The predicted molar refractivity (Wildman–Crippen MR) is 173 cm³/mol. The van der Waals surface area contributed by atoms with Crippen molar-refractivity contribution in [1.82, 2.24) is 10.6 Å². The lowest BCUT2D eigenvalue weighted by molar-refractivity contribution is -0.940. The third kappa shape index (κ3) is 9.84. The molecule has 0 radical (unpaired) electrons. The minimum Gasteiger partial charge on any atom is -0.508 e. The normalized spacial score (nSPS) is 18.4. The second-order valence-electron chi connectivity index (χ2n) is 11.9. The summed E-state index contributed by atoms with van der Waals surface area (Å²) in [5, 5.41) is 28.5. The van der Waals surface area contributed by atoms with Crippen molar-refractivity contribution in [2.75, 3.05) is 25.0 Å². The van der Waals surface area contributed by atoms with Crippen molar-refractivity contribution in [3.63, 3.8) is 0 Å². The van der Waals surface area contributed by atoms with Crippen LogP contribution in [0.4, 0.5) is 10.5 Å². The number of urea groups is 1. The van der Waals surface area contributed by atoms with Gasteiger partial charge in [-0.05, 0) is 86.9 Å². The summed E-state index contributed by atoms with van der Waals surface area (Å²) in [4.78, 5) is 39.0. The number of benzene rings is 3. The minimum absolute atomic E-state index is 0.108. The second kappa shape index (κ2) is 15.3. The van der Waals surface area contributed by atoms with E-state index in [2.05, 4.69) is 22.5 Å². The second-order valence-corrected chi connectivity index (χ2v) is 11.9. The van der Waals surface area contributed by atoms with Gasteiger partial charge in [-0.1, -0.05) is 30.8 Å². The molecule has 1 saturated heterocycles. The number of amides is 3. The van der Waals surface area contributed by atoms with Gasteiger partial charge in [0.2, 0.25) is 5.91 Å². The molecule has 1 fully saturated rings. The summed E-state index contributed by atoms with van der Waals surface area (Å²) in [5.41, 5.74) is 2.59. The highest BCUT2D eigenvalue weighted by Crippen LogP contribution is 2.25. The molecule has 1 aliphatic heterocycles. The summed E-state index contributed by atoms with van der Waals surface area (Å²) in [5.74, 6) is -0.438. The Hall–Kier alpha value is -4.83. The number of hydrogen-bond acceptors (Lipinski definition) is 6. The lowest BCUT2D eigenvalue weighted by Crippen LogP contribution is -2.61. The number of nitrogens with zero attached hydrogens (tertiary/aromatic N) is 1. The van der Waals surface area contributed by atoms with Gasteiger partial charge in [-0.25, -0.2) is 9.59 Å². The van der Waals surface area contributed by atoms with Gasteiger partial charge >= 0.3 is 12.0 Å². The molecule has 1 aliphatic rings. The van der Waals surface area contributed by atoms with Crippen molar-refractivity contribution >= 4 is 23.6 Å². The number of carbonyl (C=O) groups is 3. The first-order chi connectivity index (χ1) is 21.5. The van der Waals surface area contributed by atoms with E-state index in [0.29, 0.717) is 35.4 Å². The van der Waals surface area contributed by atoms with E-state index in [4.69, 9.17) is 4.74 Å². The zero-order valence-corrected chi connectivity index (χ0v) is 25.9. The van der Waals surface area contributed by atoms with E-state index in [-0.39, 0.29) is 36.0 Å². The van der Waals surface area contributed by atoms with Crippen LogP contribution >= 0.6 is 0 Å². The Morgan fingerprint density at radius 3 is 2.40 bits per heavy atom. The molecular formula is C35H43N4O6+. The van der Waals surface area contributed by atoms with Crippen LogP contribution in [0.3, 0.4) is 0 Å². The fourth-order valence-electron chi connectivity index (χ4n) is 5.81.